The van der Waals surface area contributed by atoms with E-state index in [2.05, 4.69) is 14.8 Å². The van der Waals surface area contributed by atoms with Crippen molar-refractivity contribution in [3.05, 3.63) is 17.4 Å². The molecule has 0 aromatic carbocycles. The van der Waals surface area contributed by atoms with Crippen LogP contribution in [0.25, 0.3) is 0 Å². The summed E-state index contributed by atoms with van der Waals surface area (Å²) in [5.74, 6) is -0.846. The Morgan fingerprint density at radius 3 is 2.06 bits per heavy atom. The van der Waals surface area contributed by atoms with Gasteiger partial charge in [0.05, 0.1) is 0 Å². The van der Waals surface area contributed by atoms with Gasteiger partial charge in [0.1, 0.15) is 0 Å². The molecule has 90 valence electrons. The Bertz CT molecular complexity index is 405. The van der Waals surface area contributed by atoms with Gasteiger partial charge in [-0.05, 0) is 0 Å². The van der Waals surface area contributed by atoms with Crippen molar-refractivity contribution in [2.75, 3.05) is 0 Å². The van der Waals surface area contributed by atoms with Gasteiger partial charge in [-0.2, -0.15) is 0 Å². The van der Waals surface area contributed by atoms with E-state index in [9.17, 15) is 4.79 Å². The van der Waals surface area contributed by atoms with Crippen LogP contribution in [0.15, 0.2) is 10.5 Å². The third-order valence-corrected chi connectivity index (χ3v) is 7.40. The van der Waals surface area contributed by atoms with Gasteiger partial charge in [0, 0.05) is 0 Å². The van der Waals surface area contributed by atoms with Gasteiger partial charge in [-0.3, -0.25) is 0 Å². The molecule has 1 N–H and O–H groups in total. The van der Waals surface area contributed by atoms with Gasteiger partial charge >= 0.3 is 101 Å². The predicted octanol–water partition coefficient (Wildman–Crippen LogP) is 2.82. The average Bonchev–Trinajstić information content (AvgIpc) is 2.44. The van der Waals surface area contributed by atoms with Crippen molar-refractivity contribution < 1.29 is 14.3 Å². The molecule has 0 bridgehead atoms. The van der Waals surface area contributed by atoms with Crippen LogP contribution >= 0.6 is 0 Å². The van der Waals surface area contributed by atoms with Gasteiger partial charge in [-0.25, -0.2) is 0 Å². The van der Waals surface area contributed by atoms with E-state index in [0.717, 1.165) is 9.34 Å². The Labute approximate surface area is 101 Å². The molecule has 1 rings (SSSR count). The quantitative estimate of drug-likeness (QED) is 0.848. The Kier molecular flexibility index (Phi) is 3.48. The van der Waals surface area contributed by atoms with Crippen LogP contribution in [0.2, 0.25) is 14.8 Å². The van der Waals surface area contributed by atoms with E-state index >= 15 is 0 Å². The summed E-state index contributed by atoms with van der Waals surface area (Å²) in [5.41, 5.74) is 0.619. The molecule has 1 heterocycles. The first-order valence-electron chi connectivity index (χ1n) is 5.41. The normalized spacial score (nSPS) is 12.9. The molecule has 0 aliphatic heterocycles. The van der Waals surface area contributed by atoms with Crippen molar-refractivity contribution >= 4 is 28.1 Å². The number of aromatic carboxylic acids is 1. The average molecular weight is 331 g/mol. The molecular formula is C12H20O3Sn. The predicted molar refractivity (Wildman–Crippen MR) is 67.3 cm³/mol. The molecule has 0 unspecified atom stereocenters. The van der Waals surface area contributed by atoms with Crippen LogP contribution in [-0.4, -0.2) is 29.5 Å². The second-order valence-electron chi connectivity index (χ2n) is 6.16. The van der Waals surface area contributed by atoms with E-state index in [0.29, 0.717) is 0 Å². The second-order valence-corrected chi connectivity index (χ2v) is 20.4. The third kappa shape index (κ3) is 2.81. The second kappa shape index (κ2) is 4.09. The zero-order valence-electron chi connectivity index (χ0n) is 10.8. The van der Waals surface area contributed by atoms with Crippen LogP contribution < -0.4 is 3.78 Å². The summed E-state index contributed by atoms with van der Waals surface area (Å²) in [7, 11) is 0. The van der Waals surface area contributed by atoms with Crippen LogP contribution in [-0.2, 0) is 5.41 Å². The van der Waals surface area contributed by atoms with Gasteiger partial charge in [0.2, 0.25) is 0 Å². The number of rotatable bonds is 2. The van der Waals surface area contributed by atoms with E-state index < -0.39 is 24.3 Å². The van der Waals surface area contributed by atoms with Gasteiger partial charge in [-0.15, -0.1) is 0 Å². The van der Waals surface area contributed by atoms with E-state index in [1.54, 1.807) is 0 Å². The summed E-state index contributed by atoms with van der Waals surface area (Å²) in [6.07, 6.45) is 0. The van der Waals surface area contributed by atoms with Crippen molar-refractivity contribution in [3.8, 4) is 0 Å². The van der Waals surface area contributed by atoms with E-state index in [4.69, 9.17) is 9.52 Å². The van der Waals surface area contributed by atoms with Crippen molar-refractivity contribution in [2.45, 2.75) is 41.0 Å². The fraction of sp³-hybridized carbons (Fsp3) is 0.583. The summed E-state index contributed by atoms with van der Waals surface area (Å²) in [4.78, 5) is 17.8. The standard InChI is InChI=1S/C9H11O3.3CH3.Sn/c1-9(2,3)6-4-5-12-7(6)8(10)11;;;;/h4H,1-3H3,(H,10,11);3*1H3;. The molecular weight excluding hydrogens is 311 g/mol. The molecule has 0 atom stereocenters. The summed E-state index contributed by atoms with van der Waals surface area (Å²) >= 11 is -2.33. The molecule has 0 saturated heterocycles. The van der Waals surface area contributed by atoms with Gasteiger partial charge in [0.25, 0.3) is 0 Å². The van der Waals surface area contributed by atoms with Crippen LogP contribution in [0.3, 0.4) is 0 Å². The molecule has 1 aromatic heterocycles. The van der Waals surface area contributed by atoms with Gasteiger partial charge < -0.3 is 0 Å². The van der Waals surface area contributed by atoms with Crippen LogP contribution in [0.1, 0.15) is 36.9 Å². The maximum absolute atomic E-state index is 11.1. The Balaban J connectivity index is 3.38. The minimum absolute atomic E-state index is 0.120. The molecule has 0 radical (unpaired) electrons. The molecule has 3 nitrogen and oxygen atoms in total. The van der Waals surface area contributed by atoms with Crippen LogP contribution in [0.5, 0.6) is 0 Å². The first-order valence-corrected chi connectivity index (χ1v) is 15.4. The van der Waals surface area contributed by atoms with Crippen molar-refractivity contribution in [1.82, 2.24) is 0 Å². The maximum atomic E-state index is 11.1. The van der Waals surface area contributed by atoms with E-state index in [1.807, 2.05) is 26.8 Å². The molecule has 0 saturated carbocycles. The molecule has 4 heteroatoms. The topological polar surface area (TPSA) is 50.4 Å². The fourth-order valence-electron chi connectivity index (χ4n) is 1.48. The number of carbonyl (C=O) groups is 1. The number of hydrogen-bond acceptors (Lipinski definition) is 2. The number of furan rings is 1. The molecule has 0 amide bonds. The number of carboxylic acid groups (broad SMARTS) is 1. The summed E-state index contributed by atoms with van der Waals surface area (Å²) in [5, 5.41) is 9.14. The molecule has 1 aromatic rings. The Hall–Kier alpha value is -0.451. The SMILES string of the molecule is CC(C)(C)c1c[c]([Sn]([CH3])([CH3])[CH3])oc1C(=O)O. The number of carboxylic acids is 1. The Morgan fingerprint density at radius 1 is 1.31 bits per heavy atom. The minimum atomic E-state index is -2.33. The van der Waals surface area contributed by atoms with E-state index in [1.165, 1.54) is 0 Å². The summed E-state index contributed by atoms with van der Waals surface area (Å²) < 4.78 is 6.49. The zero-order chi connectivity index (χ0) is 12.7. The summed E-state index contributed by atoms with van der Waals surface area (Å²) in [6, 6.07) is 1.96. The van der Waals surface area contributed by atoms with Crippen molar-refractivity contribution in [2.24, 2.45) is 0 Å². The fourth-order valence-corrected chi connectivity index (χ4v) is 4.29. The molecule has 0 aliphatic carbocycles. The molecule has 16 heavy (non-hydrogen) atoms. The molecule has 0 aliphatic rings. The van der Waals surface area contributed by atoms with E-state index in [-0.39, 0.29) is 11.2 Å². The first kappa shape index (κ1) is 13.6. The van der Waals surface area contributed by atoms with Gasteiger partial charge in [0.15, 0.2) is 0 Å². The van der Waals surface area contributed by atoms with Gasteiger partial charge in [-0.1, -0.05) is 0 Å². The first-order chi connectivity index (χ1) is 7.03. The van der Waals surface area contributed by atoms with Crippen LogP contribution in [0.4, 0.5) is 0 Å². The third-order valence-electron chi connectivity index (χ3n) is 2.47. The van der Waals surface area contributed by atoms with Crippen LogP contribution in [0, 0.1) is 0 Å². The summed E-state index contributed by atoms with van der Waals surface area (Å²) in [6.45, 7) is 6.02. The monoisotopic (exact) mass is 332 g/mol. The molecule has 0 fully saturated rings. The Morgan fingerprint density at radius 2 is 1.81 bits per heavy atom. The van der Waals surface area contributed by atoms with Crippen molar-refractivity contribution in [3.63, 3.8) is 0 Å². The number of hydrogen-bond donors (Lipinski definition) is 1. The zero-order valence-corrected chi connectivity index (χ0v) is 13.7. The van der Waals surface area contributed by atoms with Crippen molar-refractivity contribution in [1.29, 1.82) is 0 Å². The molecule has 0 spiro atoms.